The average Bonchev–Trinajstić information content (AvgIpc) is 3.36. The predicted octanol–water partition coefficient (Wildman–Crippen LogP) is 4.97. The van der Waals surface area contributed by atoms with Gasteiger partial charge in [0.1, 0.15) is 16.0 Å². The van der Waals surface area contributed by atoms with Gasteiger partial charge in [-0.25, -0.2) is 14.7 Å². The third kappa shape index (κ3) is 4.14. The van der Waals surface area contributed by atoms with Crippen LogP contribution in [0.1, 0.15) is 41.1 Å². The number of fused-ring (bicyclic) bond motifs is 1. The van der Waals surface area contributed by atoms with Crippen molar-refractivity contribution in [3.8, 4) is 5.75 Å². The molecule has 0 saturated carbocycles. The number of aromatic nitrogens is 1. The van der Waals surface area contributed by atoms with Gasteiger partial charge in [0.05, 0.1) is 29.0 Å². The number of aryl methyl sites for hydroxylation is 1. The molecule has 1 aromatic carbocycles. The Bertz CT molecular complexity index is 1220. The van der Waals surface area contributed by atoms with E-state index in [1.807, 2.05) is 32.0 Å². The largest absolute Gasteiger partial charge is 0.494 e. The number of esters is 1. The quantitative estimate of drug-likeness (QED) is 0.341. The van der Waals surface area contributed by atoms with Gasteiger partial charge in [-0.15, -0.1) is 22.7 Å². The lowest BCUT2D eigenvalue weighted by Crippen LogP contribution is -2.31. The zero-order chi connectivity index (χ0) is 23.0. The number of ether oxygens (including phenoxy) is 2. The van der Waals surface area contributed by atoms with Crippen molar-refractivity contribution in [1.29, 1.82) is 0 Å². The number of thiazole rings is 1. The fourth-order valence-corrected chi connectivity index (χ4v) is 6.96. The Morgan fingerprint density at radius 3 is 2.72 bits per heavy atom. The second kappa shape index (κ2) is 9.21. The number of nitrogens with zero attached hydrogens (tertiary/aromatic N) is 2. The third-order valence-corrected chi connectivity index (χ3v) is 8.54. The Morgan fingerprint density at radius 2 is 2.00 bits per heavy atom. The SMILES string of the molecule is CCOC(=O)c1c(N2C(=O)C[C@H](Sc3nc4ccc(OCC)cc4s3)C2=O)sc(C)c1C. The van der Waals surface area contributed by atoms with Crippen LogP contribution in [0.3, 0.4) is 0 Å². The van der Waals surface area contributed by atoms with Gasteiger partial charge in [0.2, 0.25) is 11.8 Å². The van der Waals surface area contributed by atoms with Gasteiger partial charge in [-0.1, -0.05) is 11.8 Å². The van der Waals surface area contributed by atoms with Crippen molar-refractivity contribution in [2.24, 2.45) is 0 Å². The van der Waals surface area contributed by atoms with E-state index in [0.717, 1.165) is 31.3 Å². The lowest BCUT2D eigenvalue weighted by molar-refractivity contribution is -0.121. The number of thiophene rings is 1. The van der Waals surface area contributed by atoms with Gasteiger partial charge in [0.15, 0.2) is 4.34 Å². The first-order chi connectivity index (χ1) is 15.3. The van der Waals surface area contributed by atoms with E-state index in [1.165, 1.54) is 34.4 Å². The monoisotopic (exact) mass is 490 g/mol. The summed E-state index contributed by atoms with van der Waals surface area (Å²) in [6, 6.07) is 5.68. The number of thioether (sulfide) groups is 1. The van der Waals surface area contributed by atoms with Gasteiger partial charge in [0, 0.05) is 11.3 Å². The van der Waals surface area contributed by atoms with Crippen molar-refractivity contribution in [1.82, 2.24) is 4.98 Å². The number of carbonyl (C=O) groups excluding carboxylic acids is 3. The van der Waals surface area contributed by atoms with Crippen LogP contribution in [0.2, 0.25) is 0 Å². The molecule has 10 heteroatoms. The van der Waals surface area contributed by atoms with Gasteiger partial charge >= 0.3 is 5.97 Å². The lowest BCUT2D eigenvalue weighted by atomic mass is 10.1. The molecule has 0 radical (unpaired) electrons. The van der Waals surface area contributed by atoms with E-state index >= 15 is 0 Å². The molecular weight excluding hydrogens is 468 g/mol. The number of hydrogen-bond donors (Lipinski definition) is 0. The maximum Gasteiger partial charge on any atom is 0.341 e. The number of carbonyl (C=O) groups is 3. The molecule has 0 N–H and O–H groups in total. The van der Waals surface area contributed by atoms with Crippen LogP contribution in [0.5, 0.6) is 5.75 Å². The molecule has 4 rings (SSSR count). The number of imide groups is 1. The first-order valence-corrected chi connectivity index (χ1v) is 12.7. The number of anilines is 1. The first kappa shape index (κ1) is 22.8. The summed E-state index contributed by atoms with van der Waals surface area (Å²) < 4.78 is 12.4. The van der Waals surface area contributed by atoms with Crippen molar-refractivity contribution in [2.45, 2.75) is 43.7 Å². The van der Waals surface area contributed by atoms with Crippen molar-refractivity contribution in [2.75, 3.05) is 18.1 Å². The van der Waals surface area contributed by atoms with Gasteiger partial charge in [-0.2, -0.15) is 0 Å². The summed E-state index contributed by atoms with van der Waals surface area (Å²) in [4.78, 5) is 45.2. The summed E-state index contributed by atoms with van der Waals surface area (Å²) in [5.41, 5.74) is 1.85. The van der Waals surface area contributed by atoms with Crippen LogP contribution in [-0.4, -0.2) is 41.2 Å². The average molecular weight is 491 g/mol. The molecule has 7 nitrogen and oxygen atoms in total. The van der Waals surface area contributed by atoms with E-state index in [0.29, 0.717) is 21.5 Å². The molecule has 1 atom stereocenters. The van der Waals surface area contributed by atoms with E-state index in [1.54, 1.807) is 13.8 Å². The zero-order valence-corrected chi connectivity index (χ0v) is 20.5. The van der Waals surface area contributed by atoms with E-state index in [2.05, 4.69) is 4.98 Å². The van der Waals surface area contributed by atoms with E-state index < -0.39 is 11.2 Å². The van der Waals surface area contributed by atoms with Crippen LogP contribution in [-0.2, 0) is 14.3 Å². The molecule has 1 aliphatic heterocycles. The Balaban J connectivity index is 1.60. The van der Waals surface area contributed by atoms with Crippen molar-refractivity contribution < 1.29 is 23.9 Å². The molecule has 0 aliphatic carbocycles. The molecule has 0 bridgehead atoms. The standard InChI is InChI=1S/C22H22N2O5S3/c1-5-28-13-7-8-14-15(9-13)31-22(23-14)32-16-10-17(25)24(19(16)26)20-18(21(27)29-6-2)11(3)12(4)30-20/h7-9,16H,5-6,10H2,1-4H3/t16-/m0/s1. The molecule has 1 saturated heterocycles. The highest BCUT2D eigenvalue weighted by atomic mass is 32.2. The fraction of sp³-hybridized carbons (Fsp3) is 0.364. The molecule has 0 unspecified atom stereocenters. The minimum Gasteiger partial charge on any atom is -0.494 e. The summed E-state index contributed by atoms with van der Waals surface area (Å²) in [6.07, 6.45) is 0.0574. The summed E-state index contributed by atoms with van der Waals surface area (Å²) in [5, 5.41) is -0.241. The number of amides is 2. The second-order valence-corrected chi connectivity index (χ2v) is 10.8. The predicted molar refractivity (Wildman–Crippen MR) is 127 cm³/mol. The molecule has 2 aromatic heterocycles. The smallest absolute Gasteiger partial charge is 0.341 e. The van der Waals surface area contributed by atoms with Crippen LogP contribution in [0.25, 0.3) is 10.2 Å². The van der Waals surface area contributed by atoms with Crippen molar-refractivity contribution in [3.63, 3.8) is 0 Å². The highest BCUT2D eigenvalue weighted by Crippen LogP contribution is 2.42. The highest BCUT2D eigenvalue weighted by Gasteiger charge is 2.43. The van der Waals surface area contributed by atoms with Gasteiger partial charge in [-0.3, -0.25) is 9.59 Å². The lowest BCUT2D eigenvalue weighted by Gasteiger charge is -2.14. The Hall–Kier alpha value is -2.43. The van der Waals surface area contributed by atoms with E-state index in [-0.39, 0.29) is 24.8 Å². The minimum atomic E-state index is -0.591. The summed E-state index contributed by atoms with van der Waals surface area (Å²) in [6.45, 7) is 8.11. The molecule has 3 heterocycles. The summed E-state index contributed by atoms with van der Waals surface area (Å²) in [7, 11) is 0. The van der Waals surface area contributed by atoms with Gasteiger partial charge < -0.3 is 9.47 Å². The first-order valence-electron chi connectivity index (χ1n) is 10.2. The summed E-state index contributed by atoms with van der Waals surface area (Å²) >= 11 is 4.01. The fourth-order valence-electron chi connectivity index (χ4n) is 3.43. The maximum atomic E-state index is 13.2. The molecular formula is C22H22N2O5S3. The van der Waals surface area contributed by atoms with Crippen LogP contribution >= 0.6 is 34.4 Å². The van der Waals surface area contributed by atoms with Crippen molar-refractivity contribution in [3.05, 3.63) is 34.2 Å². The van der Waals surface area contributed by atoms with Crippen LogP contribution in [0.15, 0.2) is 22.5 Å². The zero-order valence-electron chi connectivity index (χ0n) is 18.1. The molecule has 168 valence electrons. The van der Waals surface area contributed by atoms with Crippen LogP contribution in [0.4, 0.5) is 5.00 Å². The molecule has 1 aliphatic rings. The minimum absolute atomic E-state index is 0.0574. The number of hydrogen-bond acceptors (Lipinski definition) is 9. The van der Waals surface area contributed by atoms with Gasteiger partial charge in [-0.05, 0) is 51.5 Å². The number of benzene rings is 1. The molecule has 2 amide bonds. The third-order valence-electron chi connectivity index (χ3n) is 5.05. The number of rotatable bonds is 7. The van der Waals surface area contributed by atoms with Crippen molar-refractivity contribution >= 4 is 67.4 Å². The Labute approximate surface area is 197 Å². The molecule has 1 fully saturated rings. The Kier molecular flexibility index (Phi) is 6.55. The molecule has 3 aromatic rings. The van der Waals surface area contributed by atoms with E-state index in [9.17, 15) is 14.4 Å². The maximum absolute atomic E-state index is 13.2. The second-order valence-electron chi connectivity index (χ2n) is 7.10. The highest BCUT2D eigenvalue weighted by molar-refractivity contribution is 8.02. The topological polar surface area (TPSA) is 85.8 Å². The van der Waals surface area contributed by atoms with Gasteiger partial charge in [0.25, 0.3) is 0 Å². The van der Waals surface area contributed by atoms with E-state index in [4.69, 9.17) is 9.47 Å². The normalized spacial score (nSPS) is 16.2. The van der Waals surface area contributed by atoms with Crippen LogP contribution in [0, 0.1) is 13.8 Å². The summed E-state index contributed by atoms with van der Waals surface area (Å²) in [5.74, 6) is -0.397. The molecule has 32 heavy (non-hydrogen) atoms. The van der Waals surface area contributed by atoms with Crippen LogP contribution < -0.4 is 9.64 Å². The Morgan fingerprint density at radius 1 is 1.22 bits per heavy atom. The molecule has 0 spiro atoms.